The molecule has 116 valence electrons. The molecule has 0 radical (unpaired) electrons. The van der Waals surface area contributed by atoms with Crippen molar-refractivity contribution in [2.75, 3.05) is 0 Å². The van der Waals surface area contributed by atoms with Gasteiger partial charge in [-0.1, -0.05) is 49.4 Å². The number of aryl methyl sites for hydroxylation is 1. The van der Waals surface area contributed by atoms with Crippen LogP contribution < -0.4 is 0 Å². The molecular formula is C19H19N3O. The van der Waals surface area contributed by atoms with Crippen molar-refractivity contribution in [3.63, 3.8) is 0 Å². The van der Waals surface area contributed by atoms with Crippen LogP contribution >= 0.6 is 0 Å². The summed E-state index contributed by atoms with van der Waals surface area (Å²) >= 11 is 0. The fourth-order valence-corrected chi connectivity index (χ4v) is 3.34. The van der Waals surface area contributed by atoms with Crippen molar-refractivity contribution in [3.8, 4) is 5.69 Å². The van der Waals surface area contributed by atoms with Crippen LogP contribution in [0.1, 0.15) is 41.2 Å². The summed E-state index contributed by atoms with van der Waals surface area (Å²) in [6.45, 7) is 5.33. The SMILES string of the molecule is Cc1nnc2n1-c1cccc(C(C)c3ccccc3)c1COC2. The highest BCUT2D eigenvalue weighted by Crippen LogP contribution is 2.33. The molecule has 0 saturated carbocycles. The van der Waals surface area contributed by atoms with Gasteiger partial charge in [-0.3, -0.25) is 4.57 Å². The predicted molar refractivity (Wildman–Crippen MR) is 88.5 cm³/mol. The molecule has 4 nitrogen and oxygen atoms in total. The number of ether oxygens (including phenoxy) is 1. The van der Waals surface area contributed by atoms with E-state index in [0.717, 1.165) is 17.3 Å². The first-order chi connectivity index (χ1) is 11.3. The van der Waals surface area contributed by atoms with Crippen LogP contribution in [0.15, 0.2) is 48.5 Å². The Hall–Kier alpha value is -2.46. The zero-order chi connectivity index (χ0) is 15.8. The maximum Gasteiger partial charge on any atom is 0.163 e. The first-order valence-electron chi connectivity index (χ1n) is 7.91. The monoisotopic (exact) mass is 305 g/mol. The molecule has 0 N–H and O–H groups in total. The lowest BCUT2D eigenvalue weighted by atomic mass is 9.89. The first kappa shape index (κ1) is 14.2. The van der Waals surface area contributed by atoms with Gasteiger partial charge < -0.3 is 4.74 Å². The van der Waals surface area contributed by atoms with Crippen molar-refractivity contribution >= 4 is 0 Å². The van der Waals surface area contributed by atoms with Crippen LogP contribution in [0.3, 0.4) is 0 Å². The quantitative estimate of drug-likeness (QED) is 0.724. The lowest BCUT2D eigenvalue weighted by molar-refractivity contribution is 0.104. The first-order valence-corrected chi connectivity index (χ1v) is 7.91. The zero-order valence-corrected chi connectivity index (χ0v) is 13.4. The Kier molecular flexibility index (Phi) is 3.46. The third-order valence-corrected chi connectivity index (χ3v) is 4.56. The second-order valence-corrected chi connectivity index (χ2v) is 5.97. The number of hydrogen-bond donors (Lipinski definition) is 0. The Morgan fingerprint density at radius 1 is 1.00 bits per heavy atom. The van der Waals surface area contributed by atoms with Crippen LogP contribution in [0, 0.1) is 6.92 Å². The number of rotatable bonds is 2. The summed E-state index contributed by atoms with van der Waals surface area (Å²) in [5.74, 6) is 2.08. The van der Waals surface area contributed by atoms with E-state index in [4.69, 9.17) is 4.74 Å². The van der Waals surface area contributed by atoms with E-state index in [2.05, 4.69) is 70.2 Å². The average molecular weight is 305 g/mol. The lowest BCUT2D eigenvalue weighted by Gasteiger charge is -2.19. The van der Waals surface area contributed by atoms with Gasteiger partial charge in [-0.15, -0.1) is 10.2 Å². The fraction of sp³-hybridized carbons (Fsp3) is 0.263. The van der Waals surface area contributed by atoms with E-state index in [9.17, 15) is 0 Å². The van der Waals surface area contributed by atoms with Crippen LogP contribution in [-0.2, 0) is 18.0 Å². The summed E-state index contributed by atoms with van der Waals surface area (Å²) < 4.78 is 7.98. The van der Waals surface area contributed by atoms with Crippen molar-refractivity contribution in [2.45, 2.75) is 33.0 Å². The van der Waals surface area contributed by atoms with Gasteiger partial charge in [0.05, 0.1) is 12.3 Å². The fourth-order valence-electron chi connectivity index (χ4n) is 3.34. The van der Waals surface area contributed by atoms with Crippen LogP contribution in [0.4, 0.5) is 0 Å². The van der Waals surface area contributed by atoms with Gasteiger partial charge in [0.1, 0.15) is 12.4 Å². The van der Waals surface area contributed by atoms with Gasteiger partial charge in [-0.25, -0.2) is 0 Å². The van der Waals surface area contributed by atoms with Gasteiger partial charge in [0.25, 0.3) is 0 Å². The molecule has 0 fully saturated rings. The topological polar surface area (TPSA) is 39.9 Å². The van der Waals surface area contributed by atoms with E-state index in [1.165, 1.54) is 16.7 Å². The molecule has 0 bridgehead atoms. The van der Waals surface area contributed by atoms with Crippen molar-refractivity contribution in [2.24, 2.45) is 0 Å². The number of benzene rings is 2. The van der Waals surface area contributed by atoms with Crippen LogP contribution in [-0.4, -0.2) is 14.8 Å². The predicted octanol–water partition coefficient (Wildman–Crippen LogP) is 3.76. The molecule has 0 saturated heterocycles. The highest BCUT2D eigenvalue weighted by atomic mass is 16.5. The molecule has 1 unspecified atom stereocenters. The standard InChI is InChI=1S/C19H19N3O/c1-13(15-7-4-3-5-8-15)16-9-6-10-18-17(16)11-23-12-19-21-20-14(2)22(18)19/h3-10,13H,11-12H2,1-2H3. The highest BCUT2D eigenvalue weighted by molar-refractivity contribution is 5.50. The minimum atomic E-state index is 0.313. The largest absolute Gasteiger partial charge is 0.369 e. The molecule has 0 spiro atoms. The van der Waals surface area contributed by atoms with E-state index in [1.54, 1.807) is 0 Å². The summed E-state index contributed by atoms with van der Waals surface area (Å²) in [5.41, 5.74) is 4.98. The molecule has 4 rings (SSSR count). The van der Waals surface area contributed by atoms with E-state index in [-0.39, 0.29) is 0 Å². The molecule has 1 atom stereocenters. The second-order valence-electron chi connectivity index (χ2n) is 5.97. The Balaban J connectivity index is 1.88. The lowest BCUT2D eigenvalue weighted by Crippen LogP contribution is -2.07. The van der Waals surface area contributed by atoms with Crippen molar-refractivity contribution in [1.82, 2.24) is 14.8 Å². The summed E-state index contributed by atoms with van der Waals surface area (Å²) in [6.07, 6.45) is 0. The molecular weight excluding hydrogens is 286 g/mol. The maximum atomic E-state index is 5.86. The van der Waals surface area contributed by atoms with Crippen molar-refractivity contribution in [1.29, 1.82) is 0 Å². The maximum absolute atomic E-state index is 5.86. The average Bonchev–Trinajstić information content (AvgIpc) is 2.85. The van der Waals surface area contributed by atoms with Gasteiger partial charge in [-0.2, -0.15) is 0 Å². The van der Waals surface area contributed by atoms with Crippen LogP contribution in [0.25, 0.3) is 5.69 Å². The number of nitrogens with zero attached hydrogens (tertiary/aromatic N) is 3. The van der Waals surface area contributed by atoms with Crippen LogP contribution in [0.2, 0.25) is 0 Å². The molecule has 2 heterocycles. The molecule has 1 aliphatic rings. The molecule has 4 heteroatoms. The minimum Gasteiger partial charge on any atom is -0.369 e. The highest BCUT2D eigenvalue weighted by Gasteiger charge is 2.22. The Morgan fingerprint density at radius 3 is 2.65 bits per heavy atom. The summed E-state index contributed by atoms with van der Waals surface area (Å²) in [5, 5.41) is 8.44. The number of fused-ring (bicyclic) bond motifs is 3. The van der Waals surface area contributed by atoms with Crippen LogP contribution in [0.5, 0.6) is 0 Å². The Bertz CT molecular complexity index is 839. The van der Waals surface area contributed by atoms with Crippen molar-refractivity contribution < 1.29 is 4.74 Å². The van der Waals surface area contributed by atoms with E-state index >= 15 is 0 Å². The third-order valence-electron chi connectivity index (χ3n) is 4.56. The van der Waals surface area contributed by atoms with Crippen molar-refractivity contribution in [3.05, 3.63) is 76.9 Å². The Labute approximate surface area is 135 Å². The van der Waals surface area contributed by atoms with Gasteiger partial charge in [0.15, 0.2) is 5.82 Å². The van der Waals surface area contributed by atoms with Gasteiger partial charge >= 0.3 is 0 Å². The Morgan fingerprint density at radius 2 is 1.83 bits per heavy atom. The molecule has 23 heavy (non-hydrogen) atoms. The smallest absolute Gasteiger partial charge is 0.163 e. The van der Waals surface area contributed by atoms with Gasteiger partial charge in [0, 0.05) is 11.5 Å². The summed E-state index contributed by atoms with van der Waals surface area (Å²) in [4.78, 5) is 0. The summed E-state index contributed by atoms with van der Waals surface area (Å²) in [7, 11) is 0. The van der Waals surface area contributed by atoms with Gasteiger partial charge in [-0.05, 0) is 24.1 Å². The molecule has 2 aromatic carbocycles. The molecule has 3 aromatic rings. The second kappa shape index (κ2) is 5.63. The summed E-state index contributed by atoms with van der Waals surface area (Å²) in [6, 6.07) is 17.0. The normalized spacial score (nSPS) is 14.7. The zero-order valence-electron chi connectivity index (χ0n) is 13.4. The van der Waals surface area contributed by atoms with E-state index in [0.29, 0.717) is 19.1 Å². The number of aromatic nitrogens is 3. The minimum absolute atomic E-state index is 0.313. The molecule has 1 aromatic heterocycles. The van der Waals surface area contributed by atoms with Gasteiger partial charge in [0.2, 0.25) is 0 Å². The number of hydrogen-bond acceptors (Lipinski definition) is 3. The molecule has 1 aliphatic heterocycles. The molecule has 0 aliphatic carbocycles. The van der Waals surface area contributed by atoms with E-state index in [1.807, 2.05) is 6.92 Å². The van der Waals surface area contributed by atoms with E-state index < -0.39 is 0 Å². The molecule has 0 amide bonds. The third kappa shape index (κ3) is 2.35.